The average molecular weight is 259 g/mol. The van der Waals surface area contributed by atoms with Crippen LogP contribution in [0.2, 0.25) is 0 Å². The molecule has 1 heterocycles. The van der Waals surface area contributed by atoms with Gasteiger partial charge < -0.3 is 5.32 Å². The van der Waals surface area contributed by atoms with Gasteiger partial charge in [-0.25, -0.2) is 4.98 Å². The van der Waals surface area contributed by atoms with Crippen molar-refractivity contribution in [3.63, 3.8) is 0 Å². The molecule has 92 valence electrons. The smallest absolute Gasteiger partial charge is 0.170 e. The highest BCUT2D eigenvalue weighted by Crippen LogP contribution is 2.27. The molecule has 0 fully saturated rings. The first-order valence-electron chi connectivity index (χ1n) is 5.88. The van der Waals surface area contributed by atoms with Gasteiger partial charge in [0.2, 0.25) is 0 Å². The van der Waals surface area contributed by atoms with E-state index in [9.17, 15) is 0 Å². The molecule has 3 nitrogen and oxygen atoms in total. The predicted molar refractivity (Wildman–Crippen MR) is 72.4 cm³/mol. The van der Waals surface area contributed by atoms with Crippen LogP contribution >= 0.6 is 23.3 Å². The largest absolute Gasteiger partial charge is 0.314 e. The molecule has 1 N–H and O–H groups in total. The highest BCUT2D eigenvalue weighted by atomic mass is 32.2. The lowest BCUT2D eigenvalue weighted by Gasteiger charge is -2.16. The molecule has 0 aliphatic heterocycles. The van der Waals surface area contributed by atoms with E-state index in [2.05, 4.69) is 42.4 Å². The quantitative estimate of drug-likeness (QED) is 0.764. The highest BCUT2D eigenvalue weighted by molar-refractivity contribution is 8.01. The maximum absolute atomic E-state index is 4.47. The van der Waals surface area contributed by atoms with Crippen LogP contribution in [0, 0.1) is 0 Å². The van der Waals surface area contributed by atoms with Crippen molar-refractivity contribution in [2.75, 3.05) is 6.54 Å². The lowest BCUT2D eigenvalue weighted by molar-refractivity contribution is 0.530. The highest BCUT2D eigenvalue weighted by Gasteiger charge is 2.12. The first-order chi connectivity index (χ1) is 7.65. The zero-order valence-electron chi connectivity index (χ0n) is 10.5. The summed E-state index contributed by atoms with van der Waals surface area (Å²) in [7, 11) is 0. The second kappa shape index (κ2) is 7.25. The molecule has 2 unspecified atom stereocenters. The van der Waals surface area contributed by atoms with Gasteiger partial charge in [0.1, 0.15) is 5.82 Å². The van der Waals surface area contributed by atoms with Crippen LogP contribution in [0.4, 0.5) is 0 Å². The minimum Gasteiger partial charge on any atom is -0.314 e. The Morgan fingerprint density at radius 1 is 1.38 bits per heavy atom. The molecule has 0 radical (unpaired) electrons. The minimum atomic E-state index is 0.575. The third-order valence-corrected chi connectivity index (χ3v) is 4.26. The van der Waals surface area contributed by atoms with Gasteiger partial charge in [-0.1, -0.05) is 32.5 Å². The molecule has 0 amide bonds. The van der Waals surface area contributed by atoms with E-state index in [4.69, 9.17) is 0 Å². The summed E-state index contributed by atoms with van der Waals surface area (Å²) in [5.74, 6) is 0.972. The van der Waals surface area contributed by atoms with Gasteiger partial charge in [0.25, 0.3) is 0 Å². The van der Waals surface area contributed by atoms with Gasteiger partial charge in [-0.15, -0.1) is 0 Å². The number of nitrogens with zero attached hydrogens (tertiary/aromatic N) is 2. The zero-order valence-corrected chi connectivity index (χ0v) is 12.1. The molecular formula is C11H21N3S2. The summed E-state index contributed by atoms with van der Waals surface area (Å²) in [5, 5.41) is 4.02. The molecule has 0 bridgehead atoms. The van der Waals surface area contributed by atoms with E-state index in [0.29, 0.717) is 11.3 Å². The fourth-order valence-corrected chi connectivity index (χ4v) is 3.74. The number of hydrogen-bond acceptors (Lipinski definition) is 5. The van der Waals surface area contributed by atoms with Crippen molar-refractivity contribution in [2.45, 2.75) is 56.2 Å². The summed E-state index contributed by atoms with van der Waals surface area (Å²) in [6.45, 7) is 9.76. The summed E-state index contributed by atoms with van der Waals surface area (Å²) >= 11 is 3.36. The summed E-state index contributed by atoms with van der Waals surface area (Å²) in [6.07, 6.45) is 2.10. The Morgan fingerprint density at radius 3 is 2.69 bits per heavy atom. The van der Waals surface area contributed by atoms with Crippen LogP contribution in [0.1, 0.15) is 39.9 Å². The lowest BCUT2D eigenvalue weighted by atomic mass is 10.2. The van der Waals surface area contributed by atoms with Crippen LogP contribution in [0.15, 0.2) is 4.34 Å². The van der Waals surface area contributed by atoms with E-state index in [1.54, 1.807) is 0 Å². The van der Waals surface area contributed by atoms with Crippen LogP contribution in [-0.2, 0) is 6.42 Å². The van der Waals surface area contributed by atoms with Gasteiger partial charge in [-0.05, 0) is 31.4 Å². The Hall–Kier alpha value is -0.130. The number of hydrogen-bond donors (Lipinski definition) is 1. The van der Waals surface area contributed by atoms with Crippen LogP contribution < -0.4 is 5.32 Å². The molecule has 0 aliphatic carbocycles. The molecule has 1 rings (SSSR count). The number of thioether (sulfide) groups is 1. The number of aryl methyl sites for hydroxylation is 1. The van der Waals surface area contributed by atoms with Crippen LogP contribution in [0.3, 0.4) is 0 Å². The van der Waals surface area contributed by atoms with Gasteiger partial charge in [-0.3, -0.25) is 0 Å². The van der Waals surface area contributed by atoms with E-state index in [1.165, 1.54) is 18.0 Å². The van der Waals surface area contributed by atoms with Gasteiger partial charge in [-0.2, -0.15) is 4.37 Å². The zero-order chi connectivity index (χ0) is 12.0. The predicted octanol–water partition coefficient (Wildman–Crippen LogP) is 2.97. The average Bonchev–Trinajstić information content (AvgIpc) is 2.65. The van der Waals surface area contributed by atoms with Crippen molar-refractivity contribution in [1.29, 1.82) is 0 Å². The monoisotopic (exact) mass is 259 g/mol. The molecule has 16 heavy (non-hydrogen) atoms. The Labute approximate surface area is 107 Å². The number of rotatable bonds is 7. The van der Waals surface area contributed by atoms with Crippen molar-refractivity contribution < 1.29 is 0 Å². The second-order valence-electron chi connectivity index (χ2n) is 3.95. The molecule has 0 saturated carbocycles. The molecule has 0 aliphatic rings. The van der Waals surface area contributed by atoms with Crippen molar-refractivity contribution in [1.82, 2.24) is 14.7 Å². The fraction of sp³-hybridized carbons (Fsp3) is 0.818. The Kier molecular flexibility index (Phi) is 6.31. The molecule has 1 aromatic heterocycles. The molecule has 0 aromatic carbocycles. The maximum atomic E-state index is 4.47. The van der Waals surface area contributed by atoms with Crippen LogP contribution in [0.25, 0.3) is 0 Å². The third-order valence-electron chi connectivity index (χ3n) is 2.31. The summed E-state index contributed by atoms with van der Waals surface area (Å²) in [6, 6.07) is 0.575. The van der Waals surface area contributed by atoms with Crippen molar-refractivity contribution >= 4 is 23.3 Å². The van der Waals surface area contributed by atoms with Gasteiger partial charge in [0.05, 0.1) is 0 Å². The van der Waals surface area contributed by atoms with Crippen molar-refractivity contribution in [2.24, 2.45) is 0 Å². The Bertz CT molecular complexity index is 301. The second-order valence-corrected chi connectivity index (χ2v) is 6.39. The Morgan fingerprint density at radius 2 is 2.12 bits per heavy atom. The van der Waals surface area contributed by atoms with Crippen molar-refractivity contribution in [3.05, 3.63) is 5.82 Å². The molecule has 0 saturated heterocycles. The summed E-state index contributed by atoms with van der Waals surface area (Å²) < 4.78 is 5.40. The fourth-order valence-electron chi connectivity index (χ4n) is 1.58. The van der Waals surface area contributed by atoms with E-state index in [1.807, 2.05) is 11.8 Å². The normalized spacial score (nSPS) is 15.0. The SMILES string of the molecule is CCNC(C)CC(C)Sc1nc(CC)ns1. The first-order valence-corrected chi connectivity index (χ1v) is 7.53. The molecule has 2 atom stereocenters. The number of nitrogens with one attached hydrogen (secondary N) is 1. The van der Waals surface area contributed by atoms with E-state index in [0.717, 1.165) is 23.1 Å². The van der Waals surface area contributed by atoms with Gasteiger partial charge in [0, 0.05) is 17.7 Å². The third kappa shape index (κ3) is 4.80. The standard InChI is InChI=1S/C11H21N3S2/c1-5-10-13-11(16-14-10)15-9(4)7-8(3)12-6-2/h8-9,12H,5-7H2,1-4H3. The molecule has 1 aromatic rings. The summed E-state index contributed by atoms with van der Waals surface area (Å²) in [5.41, 5.74) is 0. The topological polar surface area (TPSA) is 37.8 Å². The van der Waals surface area contributed by atoms with Gasteiger partial charge in [0.15, 0.2) is 4.34 Å². The van der Waals surface area contributed by atoms with E-state index in [-0.39, 0.29) is 0 Å². The van der Waals surface area contributed by atoms with Crippen molar-refractivity contribution in [3.8, 4) is 0 Å². The van der Waals surface area contributed by atoms with Crippen LogP contribution in [0.5, 0.6) is 0 Å². The molecule has 5 heteroatoms. The lowest BCUT2D eigenvalue weighted by Crippen LogP contribution is -2.28. The maximum Gasteiger partial charge on any atom is 0.170 e. The number of aromatic nitrogens is 2. The van der Waals surface area contributed by atoms with E-state index < -0.39 is 0 Å². The van der Waals surface area contributed by atoms with Crippen LogP contribution in [-0.4, -0.2) is 27.2 Å². The Balaban J connectivity index is 2.35. The van der Waals surface area contributed by atoms with Gasteiger partial charge >= 0.3 is 0 Å². The molecular weight excluding hydrogens is 238 g/mol. The minimum absolute atomic E-state index is 0.575. The summed E-state index contributed by atoms with van der Waals surface area (Å²) in [4.78, 5) is 4.47. The first kappa shape index (κ1) is 13.9. The van der Waals surface area contributed by atoms with E-state index >= 15 is 0 Å². The molecule has 0 spiro atoms.